The number of halogens is 3. The lowest BCUT2D eigenvalue weighted by atomic mass is 9.74. The predicted molar refractivity (Wildman–Crippen MR) is 365 cm³/mol. The van der Waals surface area contributed by atoms with Crippen molar-refractivity contribution in [3.63, 3.8) is 0 Å². The highest BCUT2D eigenvalue weighted by Gasteiger charge is 2.61. The first-order valence-electron chi connectivity index (χ1n) is 33.5. The van der Waals surface area contributed by atoms with E-state index in [1.807, 2.05) is 15.9 Å². The monoisotopic (exact) mass is 1510 g/mol. The van der Waals surface area contributed by atoms with Gasteiger partial charge in [-0.25, -0.2) is 4.79 Å². The van der Waals surface area contributed by atoms with Crippen LogP contribution in [0.25, 0.3) is 11.0 Å². The van der Waals surface area contributed by atoms with Gasteiger partial charge in [0, 0.05) is 153 Å². The molecule has 4 aromatic carbocycles. The molecule has 4 aliphatic heterocycles. The van der Waals surface area contributed by atoms with Gasteiger partial charge in [0.15, 0.2) is 0 Å². The SMILES string of the molecule is CCN(CCCC(=O)NCCCC(O)(P(=O)(O)O)P(=O)(O)O)c1ccc2c(c1)Oc1cc(N(CC)CCCC(=O)NCCCC(O)(P(=O)(O)O)P(=O)(O)O)ccc1C21c2ccc(C(=O)NC3CCC(NC(=O)c4cc5cc6c7c(c5oc4=O)CCCN7CCC6)CC3)cc2C(=O)N1CC(F)(F)F. The highest BCUT2D eigenvalue weighted by Crippen LogP contribution is 2.70. The normalized spacial score (nSPS) is 17.5. The summed E-state index contributed by atoms with van der Waals surface area (Å²) < 4.78 is 106. The van der Waals surface area contributed by atoms with E-state index in [1.165, 1.54) is 30.3 Å². The zero-order valence-corrected chi connectivity index (χ0v) is 59.3. The summed E-state index contributed by atoms with van der Waals surface area (Å²) in [5.74, 6) is -3.37. The number of hydrogen-bond acceptors (Lipinski definition) is 17. The van der Waals surface area contributed by atoms with Crippen molar-refractivity contribution in [3.05, 3.63) is 122 Å². The average Bonchev–Trinajstić information content (AvgIpc) is 1.49. The highest BCUT2D eigenvalue weighted by atomic mass is 31.2. The van der Waals surface area contributed by atoms with E-state index in [4.69, 9.17) is 9.15 Å². The molecule has 5 heterocycles. The summed E-state index contributed by atoms with van der Waals surface area (Å²) in [5, 5.41) is 24.7. The Labute approximate surface area is 583 Å². The smallest absolute Gasteiger partial charge is 0.406 e. The topological polar surface area (TPSA) is 456 Å². The lowest BCUT2D eigenvalue weighted by Gasteiger charge is -2.45. The average molecular weight is 1510 g/mol. The summed E-state index contributed by atoms with van der Waals surface area (Å²) in [6.07, 6.45) is -2.72. The zero-order chi connectivity index (χ0) is 74.3. The molecule has 0 radical (unpaired) electrons. The number of benzene rings is 4. The fourth-order valence-corrected chi connectivity index (χ4v) is 19.1. The fraction of sp³-hybridized carbons (Fsp3) is 0.508. The van der Waals surface area contributed by atoms with Gasteiger partial charge in [-0.2, -0.15) is 13.2 Å². The van der Waals surface area contributed by atoms with E-state index in [9.17, 15) is 91.6 Å². The molecule has 30 nitrogen and oxygen atoms in total. The van der Waals surface area contributed by atoms with Crippen molar-refractivity contribution in [1.29, 1.82) is 0 Å². The van der Waals surface area contributed by atoms with Gasteiger partial charge in [0.2, 0.25) is 11.8 Å². The van der Waals surface area contributed by atoms with Gasteiger partial charge in [-0.1, -0.05) is 18.2 Å². The molecule has 556 valence electrons. The summed E-state index contributed by atoms with van der Waals surface area (Å²) in [5.41, 5.74) is 1.77. The van der Waals surface area contributed by atoms with E-state index in [-0.39, 0.29) is 103 Å². The number of aryl methyl sites for hydroxylation is 2. The molecule has 5 aromatic rings. The Balaban J connectivity index is 0.879. The van der Waals surface area contributed by atoms with E-state index in [0.717, 1.165) is 55.6 Å². The second-order valence-electron chi connectivity index (χ2n) is 26.4. The van der Waals surface area contributed by atoms with Crippen molar-refractivity contribution in [2.75, 3.05) is 73.6 Å². The Hall–Kier alpha value is -7.05. The molecule has 0 atom stereocenters. The van der Waals surface area contributed by atoms with Gasteiger partial charge in [-0.3, -0.25) is 42.2 Å². The molecule has 1 saturated carbocycles. The number of ether oxygens (including phenoxy) is 1. The molecule has 1 spiro atoms. The second kappa shape index (κ2) is 30.2. The summed E-state index contributed by atoms with van der Waals surface area (Å²) in [6.45, 7) is 3.99. The summed E-state index contributed by atoms with van der Waals surface area (Å²) in [6, 6.07) is 16.3. The Morgan fingerprint density at radius 3 is 1.59 bits per heavy atom. The summed E-state index contributed by atoms with van der Waals surface area (Å²) in [4.78, 5) is 165. The summed E-state index contributed by atoms with van der Waals surface area (Å²) in [7, 11) is -22.9. The molecule has 0 bridgehead atoms. The van der Waals surface area contributed by atoms with Crippen molar-refractivity contribution in [2.45, 2.75) is 151 Å². The Morgan fingerprint density at radius 2 is 1.11 bits per heavy atom. The van der Waals surface area contributed by atoms with Gasteiger partial charge in [0.25, 0.3) is 27.9 Å². The van der Waals surface area contributed by atoms with Crippen LogP contribution in [0.2, 0.25) is 0 Å². The van der Waals surface area contributed by atoms with Crippen LogP contribution >= 0.6 is 30.4 Å². The van der Waals surface area contributed by atoms with Crippen LogP contribution in [0.4, 0.5) is 30.2 Å². The molecule has 1 fully saturated rings. The molecular formula is C65H83F3N8O22P4. The number of nitrogens with zero attached hydrogens (tertiary/aromatic N) is 4. The first-order valence-corrected chi connectivity index (χ1v) is 40.0. The number of carbonyl (C=O) groups is 5. The van der Waals surface area contributed by atoms with E-state index >= 15 is 18.0 Å². The molecule has 0 saturated heterocycles. The minimum absolute atomic E-state index is 0.0138. The Bertz CT molecular complexity index is 4160. The van der Waals surface area contributed by atoms with Crippen LogP contribution < -0.4 is 46.3 Å². The molecule has 102 heavy (non-hydrogen) atoms. The molecule has 1 aliphatic carbocycles. The molecule has 37 heteroatoms. The van der Waals surface area contributed by atoms with Crippen LogP contribution in [-0.4, -0.2) is 171 Å². The zero-order valence-electron chi connectivity index (χ0n) is 55.8. The molecular weight excluding hydrogens is 1430 g/mol. The van der Waals surface area contributed by atoms with Crippen LogP contribution in [0, 0.1) is 0 Å². The molecule has 5 aliphatic rings. The van der Waals surface area contributed by atoms with E-state index in [2.05, 4.69) is 26.2 Å². The number of aliphatic hydroxyl groups is 2. The predicted octanol–water partition coefficient (Wildman–Crippen LogP) is 6.39. The Kier molecular flexibility index (Phi) is 23.0. The number of amides is 5. The van der Waals surface area contributed by atoms with Gasteiger partial charge in [-0.15, -0.1) is 0 Å². The van der Waals surface area contributed by atoms with E-state index < -0.39 is 126 Å². The molecule has 14 N–H and O–H groups in total. The van der Waals surface area contributed by atoms with Crippen LogP contribution in [0.3, 0.4) is 0 Å². The maximum atomic E-state index is 15.3. The van der Waals surface area contributed by atoms with Crippen molar-refractivity contribution in [2.24, 2.45) is 0 Å². The number of nitrogens with one attached hydrogen (secondary N) is 4. The minimum Gasteiger partial charge on any atom is -0.456 e. The fourth-order valence-electron chi connectivity index (χ4n) is 14.5. The first kappa shape index (κ1) is 77.6. The van der Waals surface area contributed by atoms with Crippen molar-refractivity contribution in [3.8, 4) is 11.5 Å². The highest BCUT2D eigenvalue weighted by molar-refractivity contribution is 7.72. The van der Waals surface area contributed by atoms with Gasteiger partial charge in [-0.05, 0) is 138 Å². The summed E-state index contributed by atoms with van der Waals surface area (Å²) >= 11 is 0. The largest absolute Gasteiger partial charge is 0.456 e. The quantitative estimate of drug-likeness (QED) is 0.0140. The molecule has 5 amide bonds. The van der Waals surface area contributed by atoms with Gasteiger partial charge >= 0.3 is 42.2 Å². The first-order chi connectivity index (χ1) is 47.8. The van der Waals surface area contributed by atoms with Crippen LogP contribution in [0.5, 0.6) is 11.5 Å². The minimum atomic E-state index is -5.72. The van der Waals surface area contributed by atoms with Gasteiger partial charge in [0.1, 0.15) is 34.7 Å². The maximum Gasteiger partial charge on any atom is 0.406 e. The number of fused-ring (bicyclic) bond motifs is 8. The van der Waals surface area contributed by atoms with E-state index in [0.29, 0.717) is 66.0 Å². The van der Waals surface area contributed by atoms with Gasteiger partial charge in [0.05, 0.1) is 0 Å². The number of anilines is 3. The second-order valence-corrected chi connectivity index (χ2v) is 34.4. The number of alkyl halides is 3. The van der Waals surface area contributed by atoms with Gasteiger partial charge < -0.3 is 99.4 Å². The third-order valence-electron chi connectivity index (χ3n) is 19.7. The number of hydrogen-bond donors (Lipinski definition) is 14. The third kappa shape index (κ3) is 15.8. The van der Waals surface area contributed by atoms with Crippen molar-refractivity contribution in [1.82, 2.24) is 26.2 Å². The maximum absolute atomic E-state index is 15.3. The van der Waals surface area contributed by atoms with Crippen LogP contribution in [0.15, 0.2) is 75.9 Å². The third-order valence-corrected chi connectivity index (χ3v) is 27.5. The van der Waals surface area contributed by atoms with Crippen molar-refractivity contribution < 1.29 is 114 Å². The molecule has 0 unspecified atom stereocenters. The lowest BCUT2D eigenvalue weighted by Crippen LogP contribution is -2.50. The number of rotatable bonds is 29. The van der Waals surface area contributed by atoms with Crippen LogP contribution in [-0.2, 0) is 46.2 Å². The number of carbonyl (C=O) groups excluding carboxylic acids is 5. The standard InChI is InChI=1S/C65H83F3N8O22P4/c1-3-73(29-7-13-54(77)69-27-9-25-63(83,99(85,86)87)100(88,89)90)44-20-23-50-52(36-44)97-53-37-45(74(4-2)30-8-14-55(78)70-28-10-26-64(84,101(91,92)93)102(94,95)96)21-24-51(53)65(50)49-22-15-40(34-47(49)60(81)76(65)38-62(66,67)68)58(79)71-42-16-18-43(19-17-42)72-59(80)48-35-41-33-39-11-5-31-75-32-6-12-46(56(39)75)57(41)98-61(48)82/h15,20-24,33-37,42-43,83-84H,3-14,16-19,25-32,38H2,1-2H3,(H,69,77)(H,70,78)(H,71,79)(H,72,80)(H2,85,86,87)(H2,88,89,90)(H2,91,92,93)(H2,94,95,96). The van der Waals surface area contributed by atoms with Crippen molar-refractivity contribution >= 4 is 88.0 Å². The molecule has 1 aromatic heterocycles. The van der Waals surface area contributed by atoms with Crippen LogP contribution in [0.1, 0.15) is 163 Å². The lowest BCUT2D eigenvalue weighted by molar-refractivity contribution is -0.146. The molecule has 10 rings (SSSR count). The Morgan fingerprint density at radius 1 is 0.627 bits per heavy atom. The van der Waals surface area contributed by atoms with E-state index in [1.54, 1.807) is 44.2 Å².